The van der Waals surface area contributed by atoms with Crippen molar-refractivity contribution in [3.63, 3.8) is 0 Å². The van der Waals surface area contributed by atoms with Crippen LogP contribution in [0.3, 0.4) is 0 Å². The summed E-state index contributed by atoms with van der Waals surface area (Å²) in [6.45, 7) is 6.42. The number of hydrogen-bond donors (Lipinski definition) is 1. The Morgan fingerprint density at radius 3 is 2.47 bits per heavy atom. The van der Waals surface area contributed by atoms with Crippen LogP contribution in [0.1, 0.15) is 52.0 Å². The van der Waals surface area contributed by atoms with Gasteiger partial charge in [0.1, 0.15) is 11.9 Å². The van der Waals surface area contributed by atoms with Crippen LogP contribution in [0.25, 0.3) is 0 Å². The van der Waals surface area contributed by atoms with Gasteiger partial charge in [-0.2, -0.15) is 0 Å². The Morgan fingerprint density at radius 1 is 1.26 bits per heavy atom. The Hall–Kier alpha value is -1.02. The molecule has 0 amide bonds. The maximum atomic E-state index is 10.2. The molecule has 0 bridgehead atoms. The molecule has 1 fully saturated rings. The largest absolute Gasteiger partial charge is 0.488 e. The molecule has 2 unspecified atom stereocenters. The number of aryl methyl sites for hydroxylation is 1. The molecule has 0 heterocycles. The molecule has 1 aliphatic carbocycles. The van der Waals surface area contributed by atoms with E-state index in [0.717, 1.165) is 25.0 Å². The van der Waals surface area contributed by atoms with Crippen LogP contribution in [-0.4, -0.2) is 17.3 Å². The van der Waals surface area contributed by atoms with E-state index in [1.165, 1.54) is 18.4 Å². The van der Waals surface area contributed by atoms with Crippen LogP contribution >= 0.6 is 0 Å². The number of aliphatic hydroxyl groups excluding tert-OH is 1. The molecular formula is C17H26O2. The van der Waals surface area contributed by atoms with Gasteiger partial charge in [-0.25, -0.2) is 0 Å². The van der Waals surface area contributed by atoms with Crippen molar-refractivity contribution in [3.05, 3.63) is 29.8 Å². The summed E-state index contributed by atoms with van der Waals surface area (Å²) >= 11 is 0. The Balaban J connectivity index is 1.93. The summed E-state index contributed by atoms with van der Waals surface area (Å²) in [5, 5.41) is 10.2. The van der Waals surface area contributed by atoms with Crippen LogP contribution in [-0.2, 0) is 6.42 Å². The molecule has 2 nitrogen and oxygen atoms in total. The van der Waals surface area contributed by atoms with E-state index < -0.39 is 0 Å². The van der Waals surface area contributed by atoms with Crippen molar-refractivity contribution in [1.29, 1.82) is 0 Å². The van der Waals surface area contributed by atoms with E-state index in [1.54, 1.807) is 0 Å². The normalized spacial score (nSPS) is 25.5. The molecule has 106 valence electrons. The van der Waals surface area contributed by atoms with Crippen molar-refractivity contribution in [1.82, 2.24) is 0 Å². The summed E-state index contributed by atoms with van der Waals surface area (Å²) in [4.78, 5) is 0. The van der Waals surface area contributed by atoms with Crippen molar-refractivity contribution in [2.45, 2.75) is 65.1 Å². The molecule has 1 aliphatic rings. The minimum absolute atomic E-state index is 0.0221. The molecule has 2 heteroatoms. The summed E-state index contributed by atoms with van der Waals surface area (Å²) in [6.07, 6.45) is 5.12. The number of benzene rings is 1. The lowest BCUT2D eigenvalue weighted by Crippen LogP contribution is -2.34. The molecule has 0 aliphatic heterocycles. The minimum Gasteiger partial charge on any atom is -0.488 e. The highest BCUT2D eigenvalue weighted by Crippen LogP contribution is 2.39. The first-order valence-electron chi connectivity index (χ1n) is 7.46. The van der Waals surface area contributed by atoms with E-state index >= 15 is 0 Å². The quantitative estimate of drug-likeness (QED) is 0.870. The molecule has 2 atom stereocenters. The predicted molar refractivity (Wildman–Crippen MR) is 78.5 cm³/mol. The zero-order valence-corrected chi connectivity index (χ0v) is 12.4. The number of ether oxygens (including phenoxy) is 1. The second-order valence-electron chi connectivity index (χ2n) is 6.38. The molecule has 19 heavy (non-hydrogen) atoms. The minimum atomic E-state index is -0.368. The zero-order valence-electron chi connectivity index (χ0n) is 12.4. The van der Waals surface area contributed by atoms with Crippen molar-refractivity contribution in [3.8, 4) is 5.75 Å². The van der Waals surface area contributed by atoms with Gasteiger partial charge in [0.25, 0.3) is 0 Å². The first kappa shape index (κ1) is 14.4. The van der Waals surface area contributed by atoms with E-state index in [4.69, 9.17) is 4.74 Å². The first-order valence-corrected chi connectivity index (χ1v) is 7.46. The average Bonchev–Trinajstić information content (AvgIpc) is 2.65. The number of aliphatic hydroxyl groups is 1. The van der Waals surface area contributed by atoms with Crippen LogP contribution in [0, 0.1) is 5.41 Å². The first-order chi connectivity index (χ1) is 9.03. The van der Waals surface area contributed by atoms with Crippen LogP contribution in [0.15, 0.2) is 24.3 Å². The van der Waals surface area contributed by atoms with Gasteiger partial charge in [0.15, 0.2) is 0 Å². The van der Waals surface area contributed by atoms with E-state index in [1.807, 2.05) is 12.1 Å². The fourth-order valence-corrected chi connectivity index (χ4v) is 2.74. The van der Waals surface area contributed by atoms with Crippen molar-refractivity contribution >= 4 is 0 Å². The van der Waals surface area contributed by atoms with Gasteiger partial charge in [-0.15, -0.1) is 0 Å². The van der Waals surface area contributed by atoms with Crippen molar-refractivity contribution in [2.75, 3.05) is 0 Å². The van der Waals surface area contributed by atoms with Gasteiger partial charge in [-0.1, -0.05) is 39.3 Å². The predicted octanol–water partition coefficient (Wildman–Crippen LogP) is 3.96. The second kappa shape index (κ2) is 5.96. The second-order valence-corrected chi connectivity index (χ2v) is 6.38. The Labute approximate surface area is 116 Å². The molecule has 1 aromatic carbocycles. The van der Waals surface area contributed by atoms with E-state index in [9.17, 15) is 5.11 Å². The van der Waals surface area contributed by atoms with Gasteiger partial charge in [0.2, 0.25) is 0 Å². The monoisotopic (exact) mass is 262 g/mol. The lowest BCUT2D eigenvalue weighted by molar-refractivity contribution is 0.00492. The SMILES string of the molecule is CCCCc1ccc(OC2CCC(C)(C)C2O)cc1. The van der Waals surface area contributed by atoms with E-state index in [2.05, 4.69) is 32.9 Å². The van der Waals surface area contributed by atoms with Crippen LogP contribution < -0.4 is 4.74 Å². The lowest BCUT2D eigenvalue weighted by atomic mass is 9.89. The standard InChI is InChI=1S/C17H26O2/c1-4-5-6-13-7-9-14(10-8-13)19-15-11-12-17(2,3)16(15)18/h7-10,15-16,18H,4-6,11-12H2,1-3H3. The van der Waals surface area contributed by atoms with Crippen molar-refractivity contribution < 1.29 is 9.84 Å². The Morgan fingerprint density at radius 2 is 1.95 bits per heavy atom. The molecule has 1 saturated carbocycles. The third kappa shape index (κ3) is 3.50. The highest BCUT2D eigenvalue weighted by molar-refractivity contribution is 5.27. The lowest BCUT2D eigenvalue weighted by Gasteiger charge is -2.25. The fraction of sp³-hybridized carbons (Fsp3) is 0.647. The van der Waals surface area contributed by atoms with Gasteiger partial charge in [0, 0.05) is 0 Å². The van der Waals surface area contributed by atoms with E-state index in [-0.39, 0.29) is 17.6 Å². The molecule has 1 N–H and O–H groups in total. The molecule has 0 radical (unpaired) electrons. The summed E-state index contributed by atoms with van der Waals surface area (Å²) in [5.41, 5.74) is 1.34. The Bertz CT molecular complexity index is 394. The molecule has 1 aromatic rings. The smallest absolute Gasteiger partial charge is 0.125 e. The average molecular weight is 262 g/mol. The summed E-state index contributed by atoms with van der Waals surface area (Å²) in [7, 11) is 0. The van der Waals surface area contributed by atoms with Gasteiger partial charge >= 0.3 is 0 Å². The molecule has 0 saturated heterocycles. The molecule has 0 spiro atoms. The number of rotatable bonds is 5. The fourth-order valence-electron chi connectivity index (χ4n) is 2.74. The summed E-state index contributed by atoms with van der Waals surface area (Å²) < 4.78 is 5.93. The number of unbranched alkanes of at least 4 members (excludes halogenated alkanes) is 1. The van der Waals surface area contributed by atoms with Crippen LogP contribution in [0.2, 0.25) is 0 Å². The molecular weight excluding hydrogens is 236 g/mol. The van der Waals surface area contributed by atoms with Gasteiger partial charge in [-0.05, 0) is 48.8 Å². The maximum absolute atomic E-state index is 10.2. The number of hydrogen-bond acceptors (Lipinski definition) is 2. The molecule has 0 aromatic heterocycles. The highest BCUT2D eigenvalue weighted by atomic mass is 16.5. The van der Waals surface area contributed by atoms with Crippen LogP contribution in [0.5, 0.6) is 5.75 Å². The topological polar surface area (TPSA) is 29.5 Å². The summed E-state index contributed by atoms with van der Waals surface area (Å²) in [5.74, 6) is 0.877. The zero-order chi connectivity index (χ0) is 13.9. The third-order valence-electron chi connectivity index (χ3n) is 4.26. The molecule has 2 rings (SSSR count). The van der Waals surface area contributed by atoms with Crippen LogP contribution in [0.4, 0.5) is 0 Å². The highest BCUT2D eigenvalue weighted by Gasteiger charge is 2.42. The summed E-state index contributed by atoms with van der Waals surface area (Å²) in [6, 6.07) is 8.33. The van der Waals surface area contributed by atoms with Crippen molar-refractivity contribution in [2.24, 2.45) is 5.41 Å². The van der Waals surface area contributed by atoms with E-state index in [0.29, 0.717) is 0 Å². The van der Waals surface area contributed by atoms with Gasteiger partial charge < -0.3 is 9.84 Å². The Kier molecular flexibility index (Phi) is 4.51. The van der Waals surface area contributed by atoms with Gasteiger partial charge in [0.05, 0.1) is 6.10 Å². The third-order valence-corrected chi connectivity index (χ3v) is 4.26. The van der Waals surface area contributed by atoms with Gasteiger partial charge in [-0.3, -0.25) is 0 Å². The maximum Gasteiger partial charge on any atom is 0.125 e.